The molecule has 0 saturated heterocycles. The maximum Gasteiger partial charge on any atom is 0.319 e. The average Bonchev–Trinajstić information content (AvgIpc) is 2.64. The van der Waals surface area contributed by atoms with Crippen LogP contribution in [0.25, 0.3) is 0 Å². The number of carbonyl (C=O) groups excluding carboxylic acids is 4. The number of likely N-dealkylation sites (N-methyl/N-ethyl adjacent to an activating group) is 2. The number of Topliss-reactive ketones (excluding diaryl/α,β-unsaturated/α-hetero) is 2. The maximum absolute atomic E-state index is 11.7. The summed E-state index contributed by atoms with van der Waals surface area (Å²) in [6.45, 7) is 0.623. The first kappa shape index (κ1) is 26.2. The van der Waals surface area contributed by atoms with Crippen molar-refractivity contribution in [1.29, 1.82) is 0 Å². The Morgan fingerprint density at radius 1 is 0.571 bits per heavy atom. The molecule has 0 saturated carbocycles. The van der Waals surface area contributed by atoms with Crippen molar-refractivity contribution < 1.29 is 28.7 Å². The Balaban J connectivity index is 3.40. The summed E-state index contributed by atoms with van der Waals surface area (Å²) in [5.74, 6) is -0.441. The van der Waals surface area contributed by atoms with Gasteiger partial charge in [0.2, 0.25) is 0 Å². The molecule has 8 heteroatoms. The molecule has 0 aliphatic rings. The molecule has 0 aromatic rings. The van der Waals surface area contributed by atoms with E-state index in [0.717, 1.165) is 38.5 Å². The molecule has 0 aromatic heterocycles. The van der Waals surface area contributed by atoms with Crippen molar-refractivity contribution >= 4 is 23.5 Å². The lowest BCUT2D eigenvalue weighted by molar-refractivity contribution is -0.144. The molecule has 0 spiro atoms. The van der Waals surface area contributed by atoms with Crippen molar-refractivity contribution in [1.82, 2.24) is 10.6 Å². The number of ether oxygens (including phenoxy) is 2. The first-order valence-corrected chi connectivity index (χ1v) is 10.1. The van der Waals surface area contributed by atoms with Gasteiger partial charge in [0.05, 0.1) is 26.3 Å². The van der Waals surface area contributed by atoms with Crippen molar-refractivity contribution in [2.75, 3.05) is 40.4 Å². The molecule has 0 heterocycles. The van der Waals surface area contributed by atoms with Crippen LogP contribution >= 0.6 is 0 Å². The van der Waals surface area contributed by atoms with Gasteiger partial charge in [-0.1, -0.05) is 25.7 Å². The van der Waals surface area contributed by atoms with Crippen LogP contribution in [0.4, 0.5) is 0 Å². The summed E-state index contributed by atoms with van der Waals surface area (Å²) in [6, 6.07) is 0. The molecule has 0 amide bonds. The van der Waals surface area contributed by atoms with Gasteiger partial charge in [-0.05, 0) is 26.9 Å². The third-order valence-corrected chi connectivity index (χ3v) is 4.09. The van der Waals surface area contributed by atoms with E-state index in [1.807, 2.05) is 0 Å². The SMILES string of the molecule is CNCC(=O)OCCC(=O)CCCCCCCCC(=O)CCOC(=O)CNC. The first-order valence-electron chi connectivity index (χ1n) is 10.1. The fraction of sp³-hybridized carbons (Fsp3) is 0.800. The third kappa shape index (κ3) is 17.6. The highest BCUT2D eigenvalue weighted by Gasteiger charge is 2.06. The summed E-state index contributed by atoms with van der Waals surface area (Å²) >= 11 is 0. The predicted molar refractivity (Wildman–Crippen MR) is 106 cm³/mol. The van der Waals surface area contributed by atoms with Gasteiger partial charge in [0.15, 0.2) is 0 Å². The highest BCUT2D eigenvalue weighted by Crippen LogP contribution is 2.10. The Labute approximate surface area is 168 Å². The van der Waals surface area contributed by atoms with Gasteiger partial charge in [-0.15, -0.1) is 0 Å². The minimum atomic E-state index is -0.344. The Morgan fingerprint density at radius 3 is 1.29 bits per heavy atom. The zero-order valence-corrected chi connectivity index (χ0v) is 17.3. The largest absolute Gasteiger partial charge is 0.464 e. The van der Waals surface area contributed by atoms with E-state index in [2.05, 4.69) is 10.6 Å². The van der Waals surface area contributed by atoms with Crippen molar-refractivity contribution in [3.8, 4) is 0 Å². The molecule has 0 fully saturated rings. The maximum atomic E-state index is 11.7. The number of hydrogen-bond acceptors (Lipinski definition) is 8. The summed E-state index contributed by atoms with van der Waals surface area (Å²) in [5, 5.41) is 5.39. The number of esters is 2. The number of ketones is 2. The molecule has 0 aromatic carbocycles. The molecule has 8 nitrogen and oxygen atoms in total. The molecule has 162 valence electrons. The predicted octanol–water partition coefficient (Wildman–Crippen LogP) is 1.55. The summed E-state index contributed by atoms with van der Waals surface area (Å²) in [5.41, 5.74) is 0. The smallest absolute Gasteiger partial charge is 0.319 e. The summed E-state index contributed by atoms with van der Waals surface area (Å²) in [7, 11) is 3.33. The van der Waals surface area contributed by atoms with Crippen LogP contribution in [0.1, 0.15) is 64.2 Å². The Hall–Kier alpha value is -1.80. The lowest BCUT2D eigenvalue weighted by Gasteiger charge is -2.05. The highest BCUT2D eigenvalue weighted by molar-refractivity contribution is 5.79. The van der Waals surface area contributed by atoms with Gasteiger partial charge in [-0.2, -0.15) is 0 Å². The second-order valence-electron chi connectivity index (χ2n) is 6.70. The Bertz CT molecular complexity index is 426. The molecular formula is C20H36N2O6. The van der Waals surface area contributed by atoms with E-state index >= 15 is 0 Å². The van der Waals surface area contributed by atoms with Crippen molar-refractivity contribution in [2.24, 2.45) is 0 Å². The van der Waals surface area contributed by atoms with E-state index < -0.39 is 0 Å². The number of carbonyl (C=O) groups is 4. The van der Waals surface area contributed by atoms with Gasteiger partial charge in [0.25, 0.3) is 0 Å². The van der Waals surface area contributed by atoms with Crippen LogP contribution in [-0.2, 0) is 28.7 Å². The third-order valence-electron chi connectivity index (χ3n) is 4.09. The Kier molecular flexibility index (Phi) is 17.4. The molecule has 0 bridgehead atoms. The van der Waals surface area contributed by atoms with Gasteiger partial charge in [0.1, 0.15) is 11.6 Å². The van der Waals surface area contributed by atoms with Crippen LogP contribution in [0.3, 0.4) is 0 Å². The van der Waals surface area contributed by atoms with Gasteiger partial charge in [-0.25, -0.2) is 0 Å². The first-order chi connectivity index (χ1) is 13.5. The Morgan fingerprint density at radius 2 is 0.929 bits per heavy atom. The minimum absolute atomic E-state index is 0.123. The van der Waals surface area contributed by atoms with Crippen molar-refractivity contribution in [3.63, 3.8) is 0 Å². The van der Waals surface area contributed by atoms with Gasteiger partial charge < -0.3 is 20.1 Å². The summed E-state index contributed by atoms with van der Waals surface area (Å²) < 4.78 is 9.83. The monoisotopic (exact) mass is 400 g/mol. The fourth-order valence-electron chi connectivity index (χ4n) is 2.55. The zero-order chi connectivity index (χ0) is 21.0. The van der Waals surface area contributed by atoms with E-state index in [1.165, 1.54) is 0 Å². The number of nitrogens with one attached hydrogen (secondary N) is 2. The molecule has 2 N–H and O–H groups in total. The number of hydrogen-bond donors (Lipinski definition) is 2. The molecule has 0 radical (unpaired) electrons. The topological polar surface area (TPSA) is 111 Å². The lowest BCUT2D eigenvalue weighted by Crippen LogP contribution is -2.21. The van der Waals surface area contributed by atoms with Gasteiger partial charge >= 0.3 is 11.9 Å². The van der Waals surface area contributed by atoms with E-state index in [9.17, 15) is 19.2 Å². The van der Waals surface area contributed by atoms with E-state index in [-0.39, 0.29) is 62.7 Å². The van der Waals surface area contributed by atoms with Gasteiger partial charge in [0, 0.05) is 25.7 Å². The van der Waals surface area contributed by atoms with Crippen LogP contribution in [0, 0.1) is 0 Å². The highest BCUT2D eigenvalue weighted by atomic mass is 16.5. The van der Waals surface area contributed by atoms with Crippen LogP contribution in [0.5, 0.6) is 0 Å². The molecule has 0 aliphatic carbocycles. The minimum Gasteiger partial charge on any atom is -0.464 e. The van der Waals surface area contributed by atoms with Crippen molar-refractivity contribution in [3.05, 3.63) is 0 Å². The summed E-state index contributed by atoms with van der Waals surface area (Å²) in [6.07, 6.45) is 7.36. The van der Waals surface area contributed by atoms with Crippen LogP contribution in [0.2, 0.25) is 0 Å². The standard InChI is InChI=1S/C20H36N2O6/c1-21-15-19(25)27-13-11-17(23)9-7-5-3-4-6-8-10-18(24)12-14-28-20(26)16-22-2/h21-22H,3-16H2,1-2H3. The van der Waals surface area contributed by atoms with Gasteiger partial charge in [-0.3, -0.25) is 19.2 Å². The van der Waals surface area contributed by atoms with Crippen LogP contribution in [0.15, 0.2) is 0 Å². The van der Waals surface area contributed by atoms with E-state index in [4.69, 9.17) is 9.47 Å². The molecule has 0 aliphatic heterocycles. The summed E-state index contributed by atoms with van der Waals surface area (Å²) in [4.78, 5) is 45.6. The molecule has 0 atom stereocenters. The zero-order valence-electron chi connectivity index (χ0n) is 17.3. The molecule has 0 rings (SSSR count). The lowest BCUT2D eigenvalue weighted by atomic mass is 10.0. The quantitative estimate of drug-likeness (QED) is 0.248. The molecule has 28 heavy (non-hydrogen) atoms. The average molecular weight is 401 g/mol. The number of unbranched alkanes of at least 4 members (excludes halogenated alkanes) is 5. The van der Waals surface area contributed by atoms with Crippen molar-refractivity contribution in [2.45, 2.75) is 64.2 Å². The fourth-order valence-corrected chi connectivity index (χ4v) is 2.55. The normalized spacial score (nSPS) is 10.5. The second kappa shape index (κ2) is 18.6. The molecule has 0 unspecified atom stereocenters. The van der Waals surface area contributed by atoms with Crippen LogP contribution in [-0.4, -0.2) is 63.9 Å². The second-order valence-corrected chi connectivity index (χ2v) is 6.70. The molecular weight excluding hydrogens is 364 g/mol. The van der Waals surface area contributed by atoms with E-state index in [1.54, 1.807) is 14.1 Å². The number of rotatable bonds is 19. The van der Waals surface area contributed by atoms with E-state index in [0.29, 0.717) is 12.8 Å². The van der Waals surface area contributed by atoms with Crippen LogP contribution < -0.4 is 10.6 Å².